The third-order valence-electron chi connectivity index (χ3n) is 2.93. The molecule has 0 fully saturated rings. The zero-order valence-corrected chi connectivity index (χ0v) is 15.2. The fraction of sp³-hybridized carbons (Fsp3) is 0.222. The van der Waals surface area contributed by atoms with Crippen molar-refractivity contribution < 1.29 is 40.3 Å². The molecule has 0 radical (unpaired) electrons. The van der Waals surface area contributed by atoms with E-state index in [1.807, 2.05) is 24.3 Å². The first-order valence-corrected chi connectivity index (χ1v) is 9.28. The van der Waals surface area contributed by atoms with Crippen molar-refractivity contribution in [2.24, 2.45) is 0 Å². The Bertz CT molecular complexity index is 603. The van der Waals surface area contributed by atoms with E-state index >= 15 is 0 Å². The second-order valence-corrected chi connectivity index (χ2v) is 7.94. The summed E-state index contributed by atoms with van der Waals surface area (Å²) in [6.45, 7) is 3.45. The van der Waals surface area contributed by atoms with E-state index in [1.54, 1.807) is 0 Å². The molecule has 2 rings (SSSR count). The predicted molar refractivity (Wildman–Crippen MR) is 81.2 cm³/mol. The van der Waals surface area contributed by atoms with Crippen molar-refractivity contribution in [2.45, 2.75) is 27.1 Å². The Morgan fingerprint density at radius 3 is 1.39 bits per heavy atom. The number of halogens is 1. The van der Waals surface area contributed by atoms with Crippen molar-refractivity contribution in [3.05, 3.63) is 66.8 Å². The van der Waals surface area contributed by atoms with Crippen LogP contribution in [0.2, 0.25) is 0 Å². The first-order chi connectivity index (χ1) is 11.0. The first kappa shape index (κ1) is 17.5. The van der Waals surface area contributed by atoms with Crippen LogP contribution in [0.5, 0.6) is 0 Å². The topological polar surface area (TPSA) is 52.6 Å². The molecule has 5 heteroatoms. The third kappa shape index (κ3) is 6.40. The minimum atomic E-state index is -0.268. The number of rotatable bonds is 6. The van der Waals surface area contributed by atoms with Crippen LogP contribution in [-0.2, 0) is 32.3 Å². The fourth-order valence-electron chi connectivity index (χ4n) is 1.78. The van der Waals surface area contributed by atoms with E-state index in [9.17, 15) is 9.59 Å². The van der Waals surface area contributed by atoms with Crippen LogP contribution in [0.1, 0.15) is 25.0 Å². The maximum absolute atomic E-state index is 10.8. The van der Waals surface area contributed by atoms with Crippen molar-refractivity contribution in [1.29, 1.82) is 0 Å². The summed E-state index contributed by atoms with van der Waals surface area (Å²) < 4.78 is 12.5. The number of carbonyl (C=O) groups is 2. The van der Waals surface area contributed by atoms with E-state index in [4.69, 9.17) is 9.47 Å². The van der Waals surface area contributed by atoms with Crippen molar-refractivity contribution in [3.63, 3.8) is 0 Å². The van der Waals surface area contributed by atoms with Crippen LogP contribution in [0.25, 0.3) is 0 Å². The molecule has 0 amide bonds. The molecule has 0 spiro atoms. The fourth-order valence-corrected chi connectivity index (χ4v) is 3.94. The van der Waals surface area contributed by atoms with Gasteiger partial charge in [-0.05, 0) is 0 Å². The van der Waals surface area contributed by atoms with Gasteiger partial charge in [0.05, 0.1) is 0 Å². The van der Waals surface area contributed by atoms with Crippen molar-refractivity contribution in [3.8, 4) is 0 Å². The van der Waals surface area contributed by atoms with Crippen molar-refractivity contribution >= 4 is 11.9 Å². The van der Waals surface area contributed by atoms with Gasteiger partial charge in [-0.15, -0.1) is 0 Å². The Labute approximate surface area is 146 Å². The van der Waals surface area contributed by atoms with Crippen LogP contribution >= 0.6 is 0 Å². The van der Waals surface area contributed by atoms with Gasteiger partial charge >= 0.3 is 146 Å². The predicted octanol–water partition coefficient (Wildman–Crippen LogP) is -0.0588. The van der Waals surface area contributed by atoms with E-state index in [2.05, 4.69) is 24.3 Å². The number of carbonyl (C=O) groups excluding carboxylic acids is 2. The molecule has 4 nitrogen and oxygen atoms in total. The van der Waals surface area contributed by atoms with Crippen LogP contribution in [0.15, 0.2) is 48.5 Å². The molecule has 0 N–H and O–H groups in total. The standard InChI is InChI=1S/C18H18IO4/c1-13(20)22-11-15-3-7-17(8-4-15)19-18-9-5-16(6-10-18)12-23-14(2)21/h3-10H,11-12H2,1-2H3/q-1. The number of esters is 2. The van der Waals surface area contributed by atoms with E-state index in [-0.39, 0.29) is 33.1 Å². The average molecular weight is 425 g/mol. The molecule has 0 aliphatic heterocycles. The van der Waals surface area contributed by atoms with E-state index in [0.29, 0.717) is 13.2 Å². The molecule has 0 aliphatic carbocycles. The average Bonchev–Trinajstić information content (AvgIpc) is 2.53. The van der Waals surface area contributed by atoms with Crippen LogP contribution in [-0.4, -0.2) is 11.9 Å². The summed E-state index contributed by atoms with van der Waals surface area (Å²) in [4.78, 5) is 21.6. The van der Waals surface area contributed by atoms with Crippen molar-refractivity contribution in [2.75, 3.05) is 0 Å². The van der Waals surface area contributed by atoms with Gasteiger partial charge in [0.25, 0.3) is 0 Å². The second-order valence-electron chi connectivity index (χ2n) is 4.91. The second kappa shape index (κ2) is 8.67. The maximum atomic E-state index is 10.8. The summed E-state index contributed by atoms with van der Waals surface area (Å²) >= 11 is -0.258. The van der Waals surface area contributed by atoms with Crippen LogP contribution in [0, 0.1) is 7.14 Å². The van der Waals surface area contributed by atoms with Gasteiger partial charge in [-0.3, -0.25) is 0 Å². The van der Waals surface area contributed by atoms with Gasteiger partial charge in [-0.1, -0.05) is 0 Å². The van der Waals surface area contributed by atoms with Gasteiger partial charge in [-0.25, -0.2) is 0 Å². The molecular weight excluding hydrogens is 407 g/mol. The Balaban J connectivity index is 1.91. The zero-order valence-electron chi connectivity index (χ0n) is 13.0. The van der Waals surface area contributed by atoms with Crippen molar-refractivity contribution in [1.82, 2.24) is 0 Å². The van der Waals surface area contributed by atoms with E-state index < -0.39 is 0 Å². The summed E-state index contributed by atoms with van der Waals surface area (Å²) in [6.07, 6.45) is 0. The molecule has 0 bridgehead atoms. The molecular formula is C18H18IO4-. The summed E-state index contributed by atoms with van der Waals surface area (Å²) in [7, 11) is 0. The SMILES string of the molecule is CC(=O)OCc1ccc([I-]c2ccc(COC(C)=O)cc2)cc1. The molecule has 0 aromatic heterocycles. The van der Waals surface area contributed by atoms with Gasteiger partial charge < -0.3 is 0 Å². The van der Waals surface area contributed by atoms with Gasteiger partial charge in [0.15, 0.2) is 0 Å². The van der Waals surface area contributed by atoms with Crippen LogP contribution < -0.4 is 21.2 Å². The molecule has 2 aromatic rings. The van der Waals surface area contributed by atoms with Gasteiger partial charge in [-0.2, -0.15) is 0 Å². The normalized spacial score (nSPS) is 10.3. The summed E-state index contributed by atoms with van der Waals surface area (Å²) in [5.74, 6) is -0.536. The number of hydrogen-bond donors (Lipinski definition) is 0. The molecule has 0 saturated carbocycles. The number of benzene rings is 2. The molecule has 2 aromatic carbocycles. The Morgan fingerprint density at radius 2 is 1.09 bits per heavy atom. The number of ether oxygens (including phenoxy) is 2. The van der Waals surface area contributed by atoms with Gasteiger partial charge in [0.1, 0.15) is 0 Å². The molecule has 122 valence electrons. The number of hydrogen-bond acceptors (Lipinski definition) is 4. The van der Waals surface area contributed by atoms with E-state index in [1.165, 1.54) is 21.0 Å². The molecule has 0 saturated heterocycles. The Kier molecular flexibility index (Phi) is 6.58. The summed E-state index contributed by atoms with van der Waals surface area (Å²) in [5, 5.41) is 0. The van der Waals surface area contributed by atoms with Gasteiger partial charge in [0, 0.05) is 0 Å². The third-order valence-corrected chi connectivity index (χ3v) is 5.61. The minimum absolute atomic E-state index is 0.258. The molecule has 0 atom stereocenters. The summed E-state index contributed by atoms with van der Waals surface area (Å²) in [5.41, 5.74) is 1.98. The molecule has 23 heavy (non-hydrogen) atoms. The van der Waals surface area contributed by atoms with Gasteiger partial charge in [0.2, 0.25) is 0 Å². The zero-order chi connectivity index (χ0) is 16.7. The Morgan fingerprint density at radius 1 is 0.739 bits per heavy atom. The monoisotopic (exact) mass is 425 g/mol. The Hall–Kier alpha value is -1.89. The summed E-state index contributed by atoms with van der Waals surface area (Å²) in [6, 6.07) is 16.3. The van der Waals surface area contributed by atoms with E-state index in [0.717, 1.165) is 11.1 Å². The van der Waals surface area contributed by atoms with Crippen LogP contribution in [0.4, 0.5) is 0 Å². The first-order valence-electron chi connectivity index (χ1n) is 7.12. The molecule has 0 heterocycles. The quantitative estimate of drug-likeness (QED) is 0.481. The van der Waals surface area contributed by atoms with Crippen LogP contribution in [0.3, 0.4) is 0 Å². The molecule has 0 aliphatic rings. The molecule has 0 unspecified atom stereocenters.